The molecular weight excluding hydrogens is 212 g/mol. The molecule has 0 aliphatic carbocycles. The van der Waals surface area contributed by atoms with E-state index in [1.165, 1.54) is 4.80 Å². The summed E-state index contributed by atoms with van der Waals surface area (Å²) < 4.78 is 5.25. The zero-order chi connectivity index (χ0) is 11.4. The molecule has 2 heterocycles. The first-order valence-corrected chi connectivity index (χ1v) is 5.33. The lowest BCUT2D eigenvalue weighted by Crippen LogP contribution is -2.15. The Morgan fingerprint density at radius 1 is 1.50 bits per heavy atom. The summed E-state index contributed by atoms with van der Waals surface area (Å²) in [5, 5.41) is 20.5. The Hall–Kier alpha value is -1.50. The van der Waals surface area contributed by atoms with Crippen molar-refractivity contribution in [3.05, 3.63) is 5.82 Å². The largest absolute Gasteiger partial charge is 0.481 e. The topological polar surface area (TPSA) is 90.1 Å². The van der Waals surface area contributed by atoms with Gasteiger partial charge in [-0.05, 0) is 18.1 Å². The van der Waals surface area contributed by atoms with Gasteiger partial charge in [0.1, 0.15) is 0 Å². The summed E-state index contributed by atoms with van der Waals surface area (Å²) in [6.45, 7) is 1.73. The number of carbonyl (C=O) groups is 1. The molecule has 88 valence electrons. The molecule has 1 aliphatic heterocycles. The molecule has 7 nitrogen and oxygen atoms in total. The number of ether oxygens (including phenoxy) is 1. The van der Waals surface area contributed by atoms with Crippen LogP contribution >= 0.6 is 0 Å². The number of aryl methyl sites for hydroxylation is 1. The Morgan fingerprint density at radius 2 is 2.25 bits per heavy atom. The lowest BCUT2D eigenvalue weighted by Gasteiger charge is -2.18. The van der Waals surface area contributed by atoms with Crippen molar-refractivity contribution in [1.82, 2.24) is 20.2 Å². The van der Waals surface area contributed by atoms with Gasteiger partial charge in [-0.2, -0.15) is 4.80 Å². The van der Waals surface area contributed by atoms with Crippen LogP contribution in [0.1, 0.15) is 31.0 Å². The van der Waals surface area contributed by atoms with Gasteiger partial charge < -0.3 is 9.84 Å². The minimum Gasteiger partial charge on any atom is -0.481 e. The first-order valence-electron chi connectivity index (χ1n) is 5.33. The summed E-state index contributed by atoms with van der Waals surface area (Å²) in [7, 11) is 0. The molecule has 0 atom stereocenters. The molecule has 1 aromatic heterocycles. The second-order valence-corrected chi connectivity index (χ2v) is 3.77. The van der Waals surface area contributed by atoms with Gasteiger partial charge >= 0.3 is 5.97 Å². The Morgan fingerprint density at radius 3 is 2.94 bits per heavy atom. The highest BCUT2D eigenvalue weighted by Crippen LogP contribution is 2.22. The van der Waals surface area contributed by atoms with E-state index in [-0.39, 0.29) is 13.0 Å². The molecule has 1 aliphatic rings. The van der Waals surface area contributed by atoms with Gasteiger partial charge in [-0.1, -0.05) is 0 Å². The van der Waals surface area contributed by atoms with E-state index in [1.54, 1.807) is 0 Å². The van der Waals surface area contributed by atoms with Crippen molar-refractivity contribution in [2.45, 2.75) is 31.7 Å². The van der Waals surface area contributed by atoms with Crippen molar-refractivity contribution in [1.29, 1.82) is 0 Å². The number of tetrazole rings is 1. The van der Waals surface area contributed by atoms with Crippen LogP contribution < -0.4 is 0 Å². The van der Waals surface area contributed by atoms with E-state index in [0.717, 1.165) is 26.1 Å². The van der Waals surface area contributed by atoms with Crippen LogP contribution in [0.2, 0.25) is 0 Å². The number of carboxylic acids is 1. The lowest BCUT2D eigenvalue weighted by atomic mass is 10.00. The Labute approximate surface area is 92.4 Å². The fourth-order valence-corrected chi connectivity index (χ4v) is 1.67. The van der Waals surface area contributed by atoms with E-state index in [9.17, 15) is 4.79 Å². The smallest absolute Gasteiger partial charge is 0.305 e. The van der Waals surface area contributed by atoms with Crippen molar-refractivity contribution in [2.24, 2.45) is 0 Å². The summed E-state index contributed by atoms with van der Waals surface area (Å²) in [6.07, 6.45) is 1.83. The number of carboxylic acid groups (broad SMARTS) is 1. The highest BCUT2D eigenvalue weighted by molar-refractivity contribution is 5.66. The summed E-state index contributed by atoms with van der Waals surface area (Å²) in [5.41, 5.74) is 0. The van der Waals surface area contributed by atoms with E-state index in [2.05, 4.69) is 15.4 Å². The average molecular weight is 226 g/mol. The molecule has 1 N–H and O–H groups in total. The second kappa shape index (κ2) is 5.02. The quantitative estimate of drug-likeness (QED) is 0.779. The fraction of sp³-hybridized carbons (Fsp3) is 0.778. The van der Waals surface area contributed by atoms with Gasteiger partial charge in [0.25, 0.3) is 0 Å². The first-order chi connectivity index (χ1) is 7.75. The Bertz CT molecular complexity index is 359. The maximum atomic E-state index is 10.4. The zero-order valence-electron chi connectivity index (χ0n) is 8.87. The van der Waals surface area contributed by atoms with Crippen molar-refractivity contribution < 1.29 is 14.6 Å². The number of aromatic nitrogens is 4. The van der Waals surface area contributed by atoms with E-state index in [0.29, 0.717) is 11.7 Å². The van der Waals surface area contributed by atoms with Crippen LogP contribution in [0.25, 0.3) is 0 Å². The Kier molecular flexibility index (Phi) is 3.45. The maximum absolute atomic E-state index is 10.4. The standard InChI is InChI=1S/C9H14N4O3/c14-8(15)1-4-13-11-9(10-12-13)7-2-5-16-6-3-7/h7H,1-6H2,(H,14,15). The van der Waals surface area contributed by atoms with Gasteiger partial charge in [-0.15, -0.1) is 10.2 Å². The van der Waals surface area contributed by atoms with Gasteiger partial charge in [0.2, 0.25) is 0 Å². The van der Waals surface area contributed by atoms with Gasteiger partial charge in [0.05, 0.1) is 13.0 Å². The van der Waals surface area contributed by atoms with Crippen LogP contribution in [0.4, 0.5) is 0 Å². The summed E-state index contributed by atoms with van der Waals surface area (Å²) in [5.74, 6) is 0.144. The van der Waals surface area contributed by atoms with E-state index < -0.39 is 5.97 Å². The molecule has 2 rings (SSSR count). The van der Waals surface area contributed by atoms with Gasteiger partial charge in [0.15, 0.2) is 5.82 Å². The summed E-state index contributed by atoms with van der Waals surface area (Å²) >= 11 is 0. The highest BCUT2D eigenvalue weighted by Gasteiger charge is 2.20. The molecule has 0 bridgehead atoms. The SMILES string of the molecule is O=C(O)CCn1nnc(C2CCOCC2)n1. The molecule has 0 saturated carbocycles. The molecule has 0 spiro atoms. The van der Waals surface area contributed by atoms with Gasteiger partial charge in [-0.25, -0.2) is 0 Å². The molecule has 1 saturated heterocycles. The van der Waals surface area contributed by atoms with E-state index >= 15 is 0 Å². The third-order valence-corrected chi connectivity index (χ3v) is 2.58. The van der Waals surface area contributed by atoms with Gasteiger partial charge in [-0.3, -0.25) is 4.79 Å². The molecule has 16 heavy (non-hydrogen) atoms. The van der Waals surface area contributed by atoms with Crippen LogP contribution in [0.3, 0.4) is 0 Å². The third-order valence-electron chi connectivity index (χ3n) is 2.58. The normalized spacial score (nSPS) is 17.5. The zero-order valence-corrected chi connectivity index (χ0v) is 8.87. The number of hydrogen-bond donors (Lipinski definition) is 1. The van der Waals surface area contributed by atoms with Crippen LogP contribution in [0.5, 0.6) is 0 Å². The number of rotatable bonds is 4. The molecule has 0 aromatic carbocycles. The lowest BCUT2D eigenvalue weighted by molar-refractivity contribution is -0.137. The molecule has 7 heteroatoms. The van der Waals surface area contributed by atoms with Crippen LogP contribution in [-0.4, -0.2) is 44.5 Å². The third kappa shape index (κ3) is 2.75. The van der Waals surface area contributed by atoms with Crippen molar-refractivity contribution in [3.8, 4) is 0 Å². The Balaban J connectivity index is 1.93. The predicted molar refractivity (Wildman–Crippen MR) is 52.9 cm³/mol. The number of hydrogen-bond acceptors (Lipinski definition) is 5. The minimum absolute atomic E-state index is 0.0174. The highest BCUT2D eigenvalue weighted by atomic mass is 16.5. The minimum atomic E-state index is -0.857. The van der Waals surface area contributed by atoms with Crippen LogP contribution in [-0.2, 0) is 16.1 Å². The molecular formula is C9H14N4O3. The number of aliphatic carboxylic acids is 1. The molecule has 1 fully saturated rings. The van der Waals surface area contributed by atoms with Crippen molar-refractivity contribution in [3.63, 3.8) is 0 Å². The second-order valence-electron chi connectivity index (χ2n) is 3.77. The molecule has 1 aromatic rings. The monoisotopic (exact) mass is 226 g/mol. The summed E-state index contributed by atoms with van der Waals surface area (Å²) in [4.78, 5) is 11.7. The van der Waals surface area contributed by atoms with Gasteiger partial charge in [0, 0.05) is 19.1 Å². The molecule has 0 radical (unpaired) electrons. The summed E-state index contributed by atoms with van der Waals surface area (Å²) in [6, 6.07) is 0. The van der Waals surface area contributed by atoms with E-state index in [1.807, 2.05) is 0 Å². The molecule has 0 unspecified atom stereocenters. The van der Waals surface area contributed by atoms with Crippen LogP contribution in [0.15, 0.2) is 0 Å². The predicted octanol–water partition coefficient (Wildman–Crippen LogP) is 0.0418. The van der Waals surface area contributed by atoms with Crippen LogP contribution in [0, 0.1) is 0 Å². The van der Waals surface area contributed by atoms with Crippen molar-refractivity contribution in [2.75, 3.05) is 13.2 Å². The first kappa shape index (κ1) is 11.0. The molecule has 0 amide bonds. The fourth-order valence-electron chi connectivity index (χ4n) is 1.67. The maximum Gasteiger partial charge on any atom is 0.305 e. The average Bonchev–Trinajstić information content (AvgIpc) is 2.76. The van der Waals surface area contributed by atoms with Crippen molar-refractivity contribution >= 4 is 5.97 Å². The van der Waals surface area contributed by atoms with E-state index in [4.69, 9.17) is 9.84 Å². The number of nitrogens with zero attached hydrogens (tertiary/aromatic N) is 4.